The predicted octanol–water partition coefficient (Wildman–Crippen LogP) is 0.990. The molecule has 0 aliphatic rings. The maximum absolute atomic E-state index is 11.4. The fourth-order valence-corrected chi connectivity index (χ4v) is 1.46. The highest BCUT2D eigenvalue weighted by molar-refractivity contribution is 5.87. The molecule has 1 N–H and O–H groups in total. The van der Waals surface area contributed by atoms with Gasteiger partial charge in [0.2, 0.25) is 0 Å². The highest BCUT2D eigenvalue weighted by Gasteiger charge is 2.02. The lowest BCUT2D eigenvalue weighted by atomic mass is 10.1. The van der Waals surface area contributed by atoms with Gasteiger partial charge in [-0.05, 0) is 23.8 Å². The average Bonchev–Trinajstić information content (AvgIpc) is 2.33. The zero-order valence-corrected chi connectivity index (χ0v) is 8.91. The Morgan fingerprint density at radius 1 is 1.29 bits per heavy atom. The van der Waals surface area contributed by atoms with Crippen molar-refractivity contribution >= 4 is 5.97 Å². The minimum atomic E-state index is -0.963. The average molecular weight is 230 g/mol. The molecule has 0 bridgehead atoms. The molecule has 0 saturated carbocycles. The maximum Gasteiger partial charge on any atom is 0.347 e. The first-order valence-corrected chi connectivity index (χ1v) is 5.00. The first-order valence-electron chi connectivity index (χ1n) is 5.00. The van der Waals surface area contributed by atoms with Crippen LogP contribution in [-0.4, -0.2) is 20.6 Å². The van der Waals surface area contributed by atoms with Crippen molar-refractivity contribution < 1.29 is 9.90 Å². The summed E-state index contributed by atoms with van der Waals surface area (Å²) in [5, 5.41) is 8.74. The number of nitrogens with zero attached hydrogens (tertiary/aromatic N) is 2. The lowest BCUT2D eigenvalue weighted by Gasteiger charge is -2.04. The summed E-state index contributed by atoms with van der Waals surface area (Å²) in [4.78, 5) is 25.7. The van der Waals surface area contributed by atoms with E-state index in [1.165, 1.54) is 22.9 Å². The van der Waals surface area contributed by atoms with Crippen LogP contribution in [-0.2, 0) is 6.54 Å². The standard InChI is InChI=1S/C12H10N2O3/c15-11(16)10-4-2-9(3-5-10)8-14-7-1-6-13-12(14)17/h1-7H,8H2,(H,15,16). The third-order valence-corrected chi connectivity index (χ3v) is 2.34. The van der Waals surface area contributed by atoms with Gasteiger partial charge in [0.25, 0.3) is 0 Å². The Kier molecular flexibility index (Phi) is 3.00. The predicted molar refractivity (Wildman–Crippen MR) is 61.0 cm³/mol. The van der Waals surface area contributed by atoms with Gasteiger partial charge in [-0.15, -0.1) is 0 Å². The topological polar surface area (TPSA) is 72.2 Å². The number of carbonyl (C=O) groups is 1. The number of aromatic nitrogens is 2. The summed E-state index contributed by atoms with van der Waals surface area (Å²) in [6, 6.07) is 8.07. The van der Waals surface area contributed by atoms with Crippen LogP contribution in [0.25, 0.3) is 0 Å². The third-order valence-electron chi connectivity index (χ3n) is 2.34. The highest BCUT2D eigenvalue weighted by atomic mass is 16.4. The molecule has 1 heterocycles. The lowest BCUT2D eigenvalue weighted by Crippen LogP contribution is -2.21. The molecule has 5 nitrogen and oxygen atoms in total. The Morgan fingerprint density at radius 2 is 2.00 bits per heavy atom. The number of hydrogen-bond donors (Lipinski definition) is 1. The molecule has 2 rings (SSSR count). The van der Waals surface area contributed by atoms with E-state index in [2.05, 4.69) is 4.98 Å². The van der Waals surface area contributed by atoms with Gasteiger partial charge in [-0.2, -0.15) is 0 Å². The van der Waals surface area contributed by atoms with E-state index in [9.17, 15) is 9.59 Å². The fraction of sp³-hybridized carbons (Fsp3) is 0.0833. The molecule has 1 aromatic carbocycles. The van der Waals surface area contributed by atoms with E-state index in [0.29, 0.717) is 6.54 Å². The van der Waals surface area contributed by atoms with Crippen molar-refractivity contribution in [2.45, 2.75) is 6.54 Å². The van der Waals surface area contributed by atoms with Crippen LogP contribution in [0.3, 0.4) is 0 Å². The Labute approximate surface area is 97.0 Å². The van der Waals surface area contributed by atoms with Crippen molar-refractivity contribution in [3.05, 3.63) is 64.3 Å². The molecule has 0 aliphatic heterocycles. The minimum Gasteiger partial charge on any atom is -0.478 e. The summed E-state index contributed by atoms with van der Waals surface area (Å²) >= 11 is 0. The second kappa shape index (κ2) is 4.61. The summed E-state index contributed by atoms with van der Waals surface area (Å²) in [6.07, 6.45) is 3.08. The molecule has 0 fully saturated rings. The van der Waals surface area contributed by atoms with E-state index < -0.39 is 5.97 Å². The summed E-state index contributed by atoms with van der Waals surface area (Å²) < 4.78 is 1.45. The Balaban J connectivity index is 2.23. The molecule has 2 aromatic rings. The zero-order valence-electron chi connectivity index (χ0n) is 8.91. The summed E-state index contributed by atoms with van der Waals surface area (Å²) in [7, 11) is 0. The SMILES string of the molecule is O=C(O)c1ccc(Cn2cccnc2=O)cc1. The second-order valence-corrected chi connectivity index (χ2v) is 3.53. The van der Waals surface area contributed by atoms with Crippen LogP contribution < -0.4 is 5.69 Å². The van der Waals surface area contributed by atoms with Crippen LogP contribution in [0.15, 0.2) is 47.5 Å². The third kappa shape index (κ3) is 2.57. The minimum absolute atomic E-state index is 0.229. The molecule has 0 saturated heterocycles. The van der Waals surface area contributed by atoms with Crippen LogP contribution in [0, 0.1) is 0 Å². The largest absolute Gasteiger partial charge is 0.478 e. The molecular formula is C12H10N2O3. The summed E-state index contributed by atoms with van der Waals surface area (Å²) in [5.41, 5.74) is 0.757. The molecule has 86 valence electrons. The highest BCUT2D eigenvalue weighted by Crippen LogP contribution is 2.05. The van der Waals surface area contributed by atoms with E-state index in [0.717, 1.165) is 5.56 Å². The summed E-state index contributed by atoms with van der Waals surface area (Å²) in [5.74, 6) is -0.963. The molecule has 0 amide bonds. The molecule has 5 heteroatoms. The number of carboxylic acid groups (broad SMARTS) is 1. The van der Waals surface area contributed by atoms with Crippen LogP contribution >= 0.6 is 0 Å². The van der Waals surface area contributed by atoms with E-state index in [-0.39, 0.29) is 11.3 Å². The lowest BCUT2D eigenvalue weighted by molar-refractivity contribution is 0.0697. The Bertz CT molecular complexity index is 587. The van der Waals surface area contributed by atoms with Crippen molar-refractivity contribution in [2.75, 3.05) is 0 Å². The van der Waals surface area contributed by atoms with E-state index in [1.807, 2.05) is 0 Å². The molecule has 0 aliphatic carbocycles. The van der Waals surface area contributed by atoms with Gasteiger partial charge in [-0.3, -0.25) is 4.57 Å². The molecular weight excluding hydrogens is 220 g/mol. The number of rotatable bonds is 3. The molecule has 0 spiro atoms. The van der Waals surface area contributed by atoms with Gasteiger partial charge >= 0.3 is 11.7 Å². The van der Waals surface area contributed by atoms with Crippen molar-refractivity contribution in [3.63, 3.8) is 0 Å². The number of hydrogen-bond acceptors (Lipinski definition) is 3. The van der Waals surface area contributed by atoms with Crippen molar-refractivity contribution in [1.82, 2.24) is 9.55 Å². The van der Waals surface area contributed by atoms with Crippen LogP contribution in [0.2, 0.25) is 0 Å². The molecule has 0 radical (unpaired) electrons. The zero-order chi connectivity index (χ0) is 12.3. The fourth-order valence-electron chi connectivity index (χ4n) is 1.46. The Morgan fingerprint density at radius 3 is 2.59 bits per heavy atom. The van der Waals surface area contributed by atoms with Gasteiger partial charge in [0, 0.05) is 12.4 Å². The van der Waals surface area contributed by atoms with Crippen LogP contribution in [0.4, 0.5) is 0 Å². The molecule has 0 atom stereocenters. The first-order chi connectivity index (χ1) is 8.16. The smallest absolute Gasteiger partial charge is 0.347 e. The van der Waals surface area contributed by atoms with Crippen molar-refractivity contribution in [2.24, 2.45) is 0 Å². The van der Waals surface area contributed by atoms with Gasteiger partial charge in [0.05, 0.1) is 12.1 Å². The number of benzene rings is 1. The van der Waals surface area contributed by atoms with Gasteiger partial charge < -0.3 is 5.11 Å². The van der Waals surface area contributed by atoms with Crippen LogP contribution in [0.1, 0.15) is 15.9 Å². The van der Waals surface area contributed by atoms with Crippen molar-refractivity contribution in [1.29, 1.82) is 0 Å². The number of aromatic carboxylic acids is 1. The van der Waals surface area contributed by atoms with Gasteiger partial charge in [0.15, 0.2) is 0 Å². The van der Waals surface area contributed by atoms with Crippen LogP contribution in [0.5, 0.6) is 0 Å². The normalized spacial score (nSPS) is 10.1. The van der Waals surface area contributed by atoms with E-state index in [1.54, 1.807) is 24.4 Å². The van der Waals surface area contributed by atoms with Gasteiger partial charge in [0.1, 0.15) is 0 Å². The van der Waals surface area contributed by atoms with Crippen molar-refractivity contribution in [3.8, 4) is 0 Å². The molecule has 17 heavy (non-hydrogen) atoms. The van der Waals surface area contributed by atoms with E-state index in [4.69, 9.17) is 5.11 Å². The molecule has 1 aromatic heterocycles. The monoisotopic (exact) mass is 230 g/mol. The maximum atomic E-state index is 11.4. The second-order valence-electron chi connectivity index (χ2n) is 3.53. The van der Waals surface area contributed by atoms with E-state index >= 15 is 0 Å². The van der Waals surface area contributed by atoms with Gasteiger partial charge in [-0.1, -0.05) is 12.1 Å². The quantitative estimate of drug-likeness (QED) is 0.853. The first kappa shape index (κ1) is 11.1. The molecule has 0 unspecified atom stereocenters. The van der Waals surface area contributed by atoms with Gasteiger partial charge in [-0.25, -0.2) is 14.6 Å². The summed E-state index contributed by atoms with van der Waals surface area (Å²) in [6.45, 7) is 0.382. The number of carboxylic acids is 1. The Hall–Kier alpha value is -2.43.